The van der Waals surface area contributed by atoms with Crippen molar-refractivity contribution in [2.24, 2.45) is 0 Å². The van der Waals surface area contributed by atoms with E-state index >= 15 is 0 Å². The number of aromatic nitrogens is 2. The summed E-state index contributed by atoms with van der Waals surface area (Å²) in [5.41, 5.74) is 5.31. The number of fused-ring (bicyclic) bond motifs is 2. The van der Waals surface area contributed by atoms with Crippen LogP contribution in [0.1, 0.15) is 23.7 Å². The van der Waals surface area contributed by atoms with E-state index in [4.69, 9.17) is 9.47 Å². The Balaban J connectivity index is 1.24. The number of rotatable bonds is 7. The molecule has 5 rings (SSSR count). The Bertz CT molecular complexity index is 1200. The number of benzene rings is 1. The Hall–Kier alpha value is -3.12. The Morgan fingerprint density at radius 1 is 1.15 bits per heavy atom. The molecule has 0 spiro atoms. The largest absolute Gasteiger partial charge is 0.492 e. The molecule has 178 valence electrons. The fourth-order valence-corrected chi connectivity index (χ4v) is 4.99. The van der Waals surface area contributed by atoms with Crippen LogP contribution in [-0.4, -0.2) is 78.5 Å². The lowest BCUT2D eigenvalue weighted by atomic mass is 10.1. The molecule has 3 aromatic rings. The molecule has 34 heavy (non-hydrogen) atoms. The van der Waals surface area contributed by atoms with Gasteiger partial charge in [0.05, 0.1) is 29.6 Å². The number of anilines is 1. The van der Waals surface area contributed by atoms with E-state index in [-0.39, 0.29) is 12.2 Å². The monoisotopic (exact) mass is 460 g/mol. The highest BCUT2D eigenvalue weighted by atomic mass is 16.5. The Labute approximate surface area is 200 Å². The molecule has 2 aliphatic heterocycles. The van der Waals surface area contributed by atoms with E-state index in [2.05, 4.69) is 65.1 Å². The highest BCUT2D eigenvalue weighted by Crippen LogP contribution is 2.30. The van der Waals surface area contributed by atoms with Crippen LogP contribution < -0.4 is 9.64 Å². The third kappa shape index (κ3) is 4.73. The number of hydrogen-bond acceptors (Lipinski definition) is 7. The Morgan fingerprint density at radius 2 is 2.00 bits per heavy atom. The van der Waals surface area contributed by atoms with E-state index in [9.17, 15) is 5.26 Å². The Kier molecular flexibility index (Phi) is 6.42. The minimum atomic E-state index is 0.104. The second-order valence-corrected chi connectivity index (χ2v) is 9.57. The van der Waals surface area contributed by atoms with E-state index in [0.29, 0.717) is 12.3 Å². The van der Waals surface area contributed by atoms with Crippen molar-refractivity contribution in [1.82, 2.24) is 19.4 Å². The first-order valence-corrected chi connectivity index (χ1v) is 11.9. The van der Waals surface area contributed by atoms with E-state index in [1.807, 2.05) is 18.2 Å². The van der Waals surface area contributed by atoms with Crippen molar-refractivity contribution < 1.29 is 9.47 Å². The summed E-state index contributed by atoms with van der Waals surface area (Å²) in [7, 11) is 4.11. The van der Waals surface area contributed by atoms with E-state index in [0.717, 1.165) is 56.2 Å². The predicted molar refractivity (Wildman–Crippen MR) is 131 cm³/mol. The van der Waals surface area contributed by atoms with Gasteiger partial charge in [-0.25, -0.2) is 4.52 Å². The standard InChI is InChI=1S/C26H32N6O2/c1-19-14-31(25-7-5-22(13-27)32-26(25)8-9-28-32)18-24(34-19)17-30-15-20-4-6-23(12-21(20)16-30)33-11-10-29(2)3/h4-9,12,19,24H,10-11,14-18H2,1-3H3. The van der Waals surface area contributed by atoms with Gasteiger partial charge < -0.3 is 19.3 Å². The quantitative estimate of drug-likeness (QED) is 0.537. The van der Waals surface area contributed by atoms with E-state index in [1.54, 1.807) is 10.7 Å². The van der Waals surface area contributed by atoms with Crippen LogP contribution in [0.2, 0.25) is 0 Å². The summed E-state index contributed by atoms with van der Waals surface area (Å²) in [6.07, 6.45) is 1.98. The summed E-state index contributed by atoms with van der Waals surface area (Å²) in [6, 6.07) is 14.5. The molecule has 2 aliphatic rings. The summed E-state index contributed by atoms with van der Waals surface area (Å²) in [6.45, 7) is 8.08. The first-order chi connectivity index (χ1) is 16.5. The van der Waals surface area contributed by atoms with Gasteiger partial charge in [-0.1, -0.05) is 6.07 Å². The molecule has 0 saturated carbocycles. The number of morpholine rings is 1. The van der Waals surface area contributed by atoms with Crippen molar-refractivity contribution in [2.75, 3.05) is 51.8 Å². The van der Waals surface area contributed by atoms with Gasteiger partial charge in [-0.15, -0.1) is 0 Å². The summed E-state index contributed by atoms with van der Waals surface area (Å²) >= 11 is 0. The number of nitriles is 1. The lowest BCUT2D eigenvalue weighted by Gasteiger charge is -2.39. The number of nitrogens with zero attached hydrogens (tertiary/aromatic N) is 6. The van der Waals surface area contributed by atoms with Crippen LogP contribution in [0.4, 0.5) is 5.69 Å². The van der Waals surface area contributed by atoms with Crippen LogP contribution in [0.3, 0.4) is 0 Å². The highest BCUT2D eigenvalue weighted by molar-refractivity contribution is 5.74. The molecule has 2 atom stereocenters. The molecule has 0 N–H and O–H groups in total. The second kappa shape index (κ2) is 9.63. The maximum atomic E-state index is 9.39. The molecule has 2 aromatic heterocycles. The lowest BCUT2D eigenvalue weighted by Crippen LogP contribution is -2.50. The van der Waals surface area contributed by atoms with Gasteiger partial charge in [0.15, 0.2) is 0 Å². The van der Waals surface area contributed by atoms with Gasteiger partial charge in [-0.05, 0) is 62.5 Å². The van der Waals surface area contributed by atoms with Crippen LogP contribution in [0.15, 0.2) is 42.6 Å². The SMILES string of the molecule is CC1CN(c2ccc(C#N)n3nccc23)CC(CN2Cc3ccc(OCCN(C)C)cc3C2)O1. The van der Waals surface area contributed by atoms with Crippen LogP contribution in [0.25, 0.3) is 5.52 Å². The summed E-state index contributed by atoms with van der Waals surface area (Å²) in [5, 5.41) is 13.7. The van der Waals surface area contributed by atoms with E-state index < -0.39 is 0 Å². The molecule has 0 bridgehead atoms. The van der Waals surface area contributed by atoms with Gasteiger partial charge in [0.25, 0.3) is 0 Å². The molecule has 8 nitrogen and oxygen atoms in total. The molecule has 0 aliphatic carbocycles. The van der Waals surface area contributed by atoms with Gasteiger partial charge in [0.1, 0.15) is 24.1 Å². The normalized spacial score (nSPS) is 20.6. The van der Waals surface area contributed by atoms with Crippen LogP contribution in [-0.2, 0) is 17.8 Å². The molecule has 0 radical (unpaired) electrons. The zero-order chi connectivity index (χ0) is 23.7. The van der Waals surface area contributed by atoms with Crippen molar-refractivity contribution in [3.05, 3.63) is 59.4 Å². The maximum absolute atomic E-state index is 9.39. The van der Waals surface area contributed by atoms with Gasteiger partial charge in [-0.3, -0.25) is 4.90 Å². The van der Waals surface area contributed by atoms with Crippen molar-refractivity contribution >= 4 is 11.2 Å². The van der Waals surface area contributed by atoms with Crippen LogP contribution >= 0.6 is 0 Å². The summed E-state index contributed by atoms with van der Waals surface area (Å²) in [4.78, 5) is 6.96. The van der Waals surface area contributed by atoms with Crippen molar-refractivity contribution in [1.29, 1.82) is 5.26 Å². The first kappa shape index (κ1) is 22.7. The zero-order valence-electron chi connectivity index (χ0n) is 20.1. The molecular formula is C26H32N6O2. The maximum Gasteiger partial charge on any atom is 0.142 e. The summed E-state index contributed by atoms with van der Waals surface area (Å²) < 4.78 is 14.0. The Morgan fingerprint density at radius 3 is 2.82 bits per heavy atom. The van der Waals surface area contributed by atoms with Gasteiger partial charge in [0.2, 0.25) is 0 Å². The third-order valence-corrected chi connectivity index (χ3v) is 6.55. The fourth-order valence-electron chi connectivity index (χ4n) is 4.99. The fraction of sp³-hybridized carbons (Fsp3) is 0.462. The predicted octanol–water partition coefficient (Wildman–Crippen LogP) is 2.76. The van der Waals surface area contributed by atoms with Crippen LogP contribution in [0.5, 0.6) is 5.75 Å². The van der Waals surface area contributed by atoms with Crippen molar-refractivity contribution in [3.63, 3.8) is 0 Å². The molecule has 1 saturated heterocycles. The van der Waals surface area contributed by atoms with Gasteiger partial charge >= 0.3 is 0 Å². The number of ether oxygens (including phenoxy) is 2. The minimum Gasteiger partial charge on any atom is -0.492 e. The molecular weight excluding hydrogens is 428 g/mol. The topological polar surface area (TPSA) is 69.3 Å². The first-order valence-electron chi connectivity index (χ1n) is 11.9. The molecule has 8 heteroatoms. The summed E-state index contributed by atoms with van der Waals surface area (Å²) in [5.74, 6) is 0.946. The van der Waals surface area contributed by atoms with Crippen molar-refractivity contribution in [3.8, 4) is 11.8 Å². The highest BCUT2D eigenvalue weighted by Gasteiger charge is 2.30. The average Bonchev–Trinajstić information content (AvgIpc) is 3.44. The molecule has 1 fully saturated rings. The number of hydrogen-bond donors (Lipinski definition) is 0. The number of pyridine rings is 1. The minimum absolute atomic E-state index is 0.104. The third-order valence-electron chi connectivity index (χ3n) is 6.55. The van der Waals surface area contributed by atoms with Gasteiger partial charge in [-0.2, -0.15) is 10.4 Å². The second-order valence-electron chi connectivity index (χ2n) is 9.57. The van der Waals surface area contributed by atoms with Crippen LogP contribution in [0, 0.1) is 11.3 Å². The molecule has 0 amide bonds. The smallest absolute Gasteiger partial charge is 0.142 e. The van der Waals surface area contributed by atoms with Gasteiger partial charge in [0, 0.05) is 39.3 Å². The molecule has 1 aromatic carbocycles. The molecule has 4 heterocycles. The lowest BCUT2D eigenvalue weighted by molar-refractivity contribution is -0.0329. The molecule has 2 unspecified atom stereocenters. The van der Waals surface area contributed by atoms with Crippen molar-refractivity contribution in [2.45, 2.75) is 32.2 Å². The van der Waals surface area contributed by atoms with E-state index in [1.165, 1.54) is 11.1 Å². The zero-order valence-corrected chi connectivity index (χ0v) is 20.1. The number of likely N-dealkylation sites (N-methyl/N-ethyl adjacent to an activating group) is 1. The average molecular weight is 461 g/mol.